The van der Waals surface area contributed by atoms with Gasteiger partial charge in [0.2, 0.25) is 0 Å². The van der Waals surface area contributed by atoms with Gasteiger partial charge in [-0.2, -0.15) is 0 Å². The lowest BCUT2D eigenvalue weighted by molar-refractivity contribution is 0.154. The number of hydrogen-bond donors (Lipinski definition) is 0. The first-order valence-electron chi connectivity index (χ1n) is 7.39. The minimum absolute atomic E-state index is 0.0134. The van der Waals surface area contributed by atoms with Crippen LogP contribution in [0.3, 0.4) is 0 Å². The van der Waals surface area contributed by atoms with E-state index in [1.165, 1.54) is 5.56 Å². The molecule has 0 N–H and O–H groups in total. The number of halogens is 1. The molecule has 1 heterocycles. The van der Waals surface area contributed by atoms with Crippen molar-refractivity contribution in [1.82, 2.24) is 9.80 Å². The van der Waals surface area contributed by atoms with Crippen LogP contribution in [0.15, 0.2) is 48.5 Å². The highest BCUT2D eigenvalue weighted by atomic mass is 35.5. The highest BCUT2D eigenvalue weighted by Gasteiger charge is 2.33. The third-order valence-corrected chi connectivity index (χ3v) is 4.46. The lowest BCUT2D eigenvalue weighted by Gasteiger charge is -2.39. The van der Waals surface area contributed by atoms with Gasteiger partial charge in [-0.05, 0) is 29.2 Å². The van der Waals surface area contributed by atoms with Gasteiger partial charge < -0.3 is 9.80 Å². The standard InChI is InChI=1S/C18H19ClN2O/c1-20(2)18(22)21-12-11-13-7-3-4-8-14(13)17(21)15-9-5-6-10-16(15)19/h3-10,17H,11-12H2,1-2H3. The van der Waals surface area contributed by atoms with E-state index in [-0.39, 0.29) is 12.1 Å². The normalized spacial score (nSPS) is 17.0. The van der Waals surface area contributed by atoms with Crippen LogP contribution in [0.4, 0.5) is 4.79 Å². The van der Waals surface area contributed by atoms with E-state index in [4.69, 9.17) is 11.6 Å². The van der Waals surface area contributed by atoms with Gasteiger partial charge in [0.25, 0.3) is 0 Å². The Morgan fingerprint density at radius 1 is 1.09 bits per heavy atom. The van der Waals surface area contributed by atoms with E-state index in [0.717, 1.165) is 17.5 Å². The Balaban J connectivity index is 2.14. The van der Waals surface area contributed by atoms with Crippen LogP contribution in [-0.2, 0) is 6.42 Å². The zero-order valence-electron chi connectivity index (χ0n) is 12.8. The Morgan fingerprint density at radius 2 is 1.73 bits per heavy atom. The number of carbonyl (C=O) groups excluding carboxylic acids is 1. The molecule has 2 aromatic rings. The summed E-state index contributed by atoms with van der Waals surface area (Å²) in [6.07, 6.45) is 0.872. The minimum atomic E-state index is -0.131. The fourth-order valence-corrected chi connectivity index (χ4v) is 3.30. The van der Waals surface area contributed by atoms with Crippen molar-refractivity contribution < 1.29 is 4.79 Å². The molecule has 0 radical (unpaired) electrons. The second kappa shape index (κ2) is 6.01. The molecule has 0 saturated heterocycles. The van der Waals surface area contributed by atoms with Crippen molar-refractivity contribution in [3.63, 3.8) is 0 Å². The van der Waals surface area contributed by atoms with Crippen molar-refractivity contribution in [2.24, 2.45) is 0 Å². The average molecular weight is 315 g/mol. The molecule has 22 heavy (non-hydrogen) atoms. The number of hydrogen-bond acceptors (Lipinski definition) is 1. The molecule has 1 atom stereocenters. The second-order valence-corrected chi connectivity index (χ2v) is 6.15. The summed E-state index contributed by atoms with van der Waals surface area (Å²) in [4.78, 5) is 16.1. The second-order valence-electron chi connectivity index (χ2n) is 5.74. The first-order chi connectivity index (χ1) is 10.6. The van der Waals surface area contributed by atoms with Crippen molar-refractivity contribution in [2.75, 3.05) is 20.6 Å². The first-order valence-corrected chi connectivity index (χ1v) is 7.77. The maximum atomic E-state index is 12.6. The third-order valence-electron chi connectivity index (χ3n) is 4.11. The molecular weight excluding hydrogens is 296 g/mol. The third kappa shape index (κ3) is 2.57. The molecule has 0 saturated carbocycles. The fraction of sp³-hybridized carbons (Fsp3) is 0.278. The van der Waals surface area contributed by atoms with Gasteiger partial charge in [0.15, 0.2) is 0 Å². The van der Waals surface area contributed by atoms with E-state index in [1.54, 1.807) is 19.0 Å². The van der Waals surface area contributed by atoms with Crippen LogP contribution in [-0.4, -0.2) is 36.5 Å². The largest absolute Gasteiger partial charge is 0.331 e. The molecule has 2 amide bonds. The van der Waals surface area contributed by atoms with E-state index in [2.05, 4.69) is 12.1 Å². The molecule has 114 valence electrons. The maximum Gasteiger partial charge on any atom is 0.320 e. The van der Waals surface area contributed by atoms with Gasteiger partial charge in [-0.25, -0.2) is 4.79 Å². The summed E-state index contributed by atoms with van der Waals surface area (Å²) >= 11 is 6.42. The molecule has 0 aliphatic carbocycles. The predicted octanol–water partition coefficient (Wildman–Crippen LogP) is 3.97. The Hall–Kier alpha value is -2.00. The van der Waals surface area contributed by atoms with Gasteiger partial charge in [-0.15, -0.1) is 0 Å². The van der Waals surface area contributed by atoms with Gasteiger partial charge in [0, 0.05) is 25.7 Å². The van der Waals surface area contributed by atoms with Crippen molar-refractivity contribution in [1.29, 1.82) is 0 Å². The highest BCUT2D eigenvalue weighted by molar-refractivity contribution is 6.31. The molecule has 2 aromatic carbocycles. The Labute approximate surface area is 136 Å². The molecule has 3 nitrogen and oxygen atoms in total. The topological polar surface area (TPSA) is 23.6 Å². The van der Waals surface area contributed by atoms with Crippen LogP contribution in [0.25, 0.3) is 0 Å². The molecule has 0 spiro atoms. The SMILES string of the molecule is CN(C)C(=O)N1CCc2ccccc2C1c1ccccc1Cl. The smallest absolute Gasteiger partial charge is 0.320 e. The van der Waals surface area contributed by atoms with Crippen LogP contribution in [0.1, 0.15) is 22.7 Å². The van der Waals surface area contributed by atoms with Gasteiger partial charge in [0.1, 0.15) is 0 Å². The molecule has 4 heteroatoms. The predicted molar refractivity (Wildman–Crippen MR) is 89.2 cm³/mol. The zero-order valence-corrected chi connectivity index (χ0v) is 13.5. The van der Waals surface area contributed by atoms with Crippen LogP contribution >= 0.6 is 11.6 Å². The van der Waals surface area contributed by atoms with Crippen molar-refractivity contribution in [2.45, 2.75) is 12.5 Å². The van der Waals surface area contributed by atoms with E-state index in [0.29, 0.717) is 11.6 Å². The fourth-order valence-electron chi connectivity index (χ4n) is 3.06. The number of rotatable bonds is 1. The summed E-state index contributed by atoms with van der Waals surface area (Å²) in [5.74, 6) is 0. The van der Waals surface area contributed by atoms with E-state index in [1.807, 2.05) is 41.3 Å². The summed E-state index contributed by atoms with van der Waals surface area (Å²) in [6, 6.07) is 16.0. The molecule has 3 rings (SSSR count). The first kappa shape index (κ1) is 14.9. The number of amides is 2. The number of benzene rings is 2. The Morgan fingerprint density at radius 3 is 2.41 bits per heavy atom. The van der Waals surface area contributed by atoms with Crippen LogP contribution in [0.2, 0.25) is 5.02 Å². The molecule has 1 aliphatic heterocycles. The van der Waals surface area contributed by atoms with Gasteiger partial charge in [-0.3, -0.25) is 0 Å². The van der Waals surface area contributed by atoms with Crippen LogP contribution in [0, 0.1) is 0 Å². The number of fused-ring (bicyclic) bond motifs is 1. The summed E-state index contributed by atoms with van der Waals surface area (Å²) in [7, 11) is 3.57. The molecule has 1 aliphatic rings. The van der Waals surface area contributed by atoms with Crippen molar-refractivity contribution in [3.8, 4) is 0 Å². The Kier molecular flexibility index (Phi) is 4.08. The summed E-state index contributed by atoms with van der Waals surface area (Å²) in [5.41, 5.74) is 3.43. The lowest BCUT2D eigenvalue weighted by Crippen LogP contribution is -2.45. The summed E-state index contributed by atoms with van der Waals surface area (Å²) in [6.45, 7) is 0.698. The Bertz CT molecular complexity index is 699. The van der Waals surface area contributed by atoms with Crippen LogP contribution in [0.5, 0.6) is 0 Å². The van der Waals surface area contributed by atoms with Gasteiger partial charge >= 0.3 is 6.03 Å². The summed E-state index contributed by atoms with van der Waals surface area (Å²) < 4.78 is 0. The van der Waals surface area contributed by atoms with E-state index < -0.39 is 0 Å². The van der Waals surface area contributed by atoms with Gasteiger partial charge in [-0.1, -0.05) is 54.1 Å². The maximum absolute atomic E-state index is 12.6. The number of carbonyl (C=O) groups is 1. The zero-order chi connectivity index (χ0) is 15.7. The monoisotopic (exact) mass is 314 g/mol. The lowest BCUT2D eigenvalue weighted by atomic mass is 9.88. The van der Waals surface area contributed by atoms with Crippen molar-refractivity contribution >= 4 is 17.6 Å². The average Bonchev–Trinajstić information content (AvgIpc) is 2.53. The highest BCUT2D eigenvalue weighted by Crippen LogP contribution is 2.38. The number of nitrogens with zero attached hydrogens (tertiary/aromatic N) is 2. The molecule has 0 bridgehead atoms. The van der Waals surface area contributed by atoms with E-state index >= 15 is 0 Å². The van der Waals surface area contributed by atoms with Crippen LogP contribution < -0.4 is 0 Å². The molecule has 0 fully saturated rings. The minimum Gasteiger partial charge on any atom is -0.331 e. The van der Waals surface area contributed by atoms with Gasteiger partial charge in [0.05, 0.1) is 6.04 Å². The van der Waals surface area contributed by atoms with Crippen molar-refractivity contribution in [3.05, 3.63) is 70.2 Å². The quantitative estimate of drug-likeness (QED) is 0.781. The molecular formula is C18H19ClN2O. The number of urea groups is 1. The summed E-state index contributed by atoms with van der Waals surface area (Å²) in [5, 5.41) is 0.695. The van der Waals surface area contributed by atoms with E-state index in [9.17, 15) is 4.79 Å². The molecule has 1 unspecified atom stereocenters. The molecule has 0 aromatic heterocycles.